The number of anilines is 1. The summed E-state index contributed by atoms with van der Waals surface area (Å²) in [5, 5.41) is 3.37. The van der Waals surface area contributed by atoms with Gasteiger partial charge in [0, 0.05) is 37.7 Å². The molecule has 2 fully saturated rings. The number of fused-ring (bicyclic) bond motifs is 1. The van der Waals surface area contributed by atoms with Crippen molar-refractivity contribution in [2.45, 2.75) is 13.0 Å². The lowest BCUT2D eigenvalue weighted by Gasteiger charge is -2.19. The van der Waals surface area contributed by atoms with Crippen molar-refractivity contribution in [3.63, 3.8) is 0 Å². The predicted molar refractivity (Wildman–Crippen MR) is 88.8 cm³/mol. The number of furan rings is 1. The number of rotatable bonds is 4. The Morgan fingerprint density at radius 2 is 2.25 bits per heavy atom. The van der Waals surface area contributed by atoms with Gasteiger partial charge in [0.1, 0.15) is 11.6 Å². The zero-order valence-electron chi connectivity index (χ0n) is 13.6. The molecule has 0 aliphatic carbocycles. The van der Waals surface area contributed by atoms with Crippen molar-refractivity contribution in [1.82, 2.24) is 9.88 Å². The monoisotopic (exact) mass is 327 g/mol. The standard InChI is InChI=1S/C18H21N3O3/c1-12-5-6-15(24-12)18(22)21-9-14-13(11-23-16(14)10-21)8-20-17-4-2-3-7-19-17/h2-7,13-14,16H,8-11H2,1H3,(H,19,20)/t13-,14+,16+/m1/s1. The fourth-order valence-electron chi connectivity index (χ4n) is 3.58. The van der Waals surface area contributed by atoms with E-state index < -0.39 is 0 Å². The van der Waals surface area contributed by atoms with Gasteiger partial charge < -0.3 is 19.4 Å². The number of aryl methyl sites for hydroxylation is 1. The maximum atomic E-state index is 12.5. The number of ether oxygens (including phenoxy) is 1. The number of likely N-dealkylation sites (tertiary alicyclic amines) is 1. The molecule has 2 aliphatic rings. The zero-order chi connectivity index (χ0) is 16.5. The van der Waals surface area contributed by atoms with Gasteiger partial charge in [-0.2, -0.15) is 0 Å². The maximum absolute atomic E-state index is 12.5. The normalized spacial score (nSPS) is 25.7. The van der Waals surface area contributed by atoms with Crippen LogP contribution in [-0.2, 0) is 4.74 Å². The molecule has 1 amide bonds. The maximum Gasteiger partial charge on any atom is 0.289 e. The first-order valence-electron chi connectivity index (χ1n) is 8.33. The van der Waals surface area contributed by atoms with E-state index in [0.717, 1.165) is 31.3 Å². The SMILES string of the molecule is Cc1ccc(C(=O)N2C[C@H]3[C@H](CNc4ccccn4)CO[C@H]3C2)o1. The quantitative estimate of drug-likeness (QED) is 0.932. The van der Waals surface area contributed by atoms with Gasteiger partial charge in [-0.1, -0.05) is 6.07 Å². The number of nitrogens with zero attached hydrogens (tertiary/aromatic N) is 2. The minimum Gasteiger partial charge on any atom is -0.456 e. The zero-order valence-corrected chi connectivity index (χ0v) is 13.6. The summed E-state index contributed by atoms with van der Waals surface area (Å²) >= 11 is 0. The lowest BCUT2D eigenvalue weighted by atomic mass is 9.93. The van der Waals surface area contributed by atoms with Gasteiger partial charge in [-0.25, -0.2) is 4.98 Å². The van der Waals surface area contributed by atoms with Crippen molar-refractivity contribution >= 4 is 11.7 Å². The Morgan fingerprint density at radius 3 is 3.00 bits per heavy atom. The number of carbonyl (C=O) groups excluding carboxylic acids is 1. The largest absolute Gasteiger partial charge is 0.456 e. The second kappa shape index (κ2) is 6.28. The third-order valence-electron chi connectivity index (χ3n) is 4.89. The summed E-state index contributed by atoms with van der Waals surface area (Å²) in [5.41, 5.74) is 0. The molecule has 2 aliphatic heterocycles. The molecule has 0 radical (unpaired) electrons. The lowest BCUT2D eigenvalue weighted by Crippen LogP contribution is -2.32. The van der Waals surface area contributed by atoms with Gasteiger partial charge in [-0.3, -0.25) is 4.79 Å². The molecular formula is C18H21N3O3. The van der Waals surface area contributed by atoms with Crippen LogP contribution in [0.2, 0.25) is 0 Å². The molecule has 4 rings (SSSR count). The van der Waals surface area contributed by atoms with E-state index in [0.29, 0.717) is 24.1 Å². The Morgan fingerprint density at radius 1 is 1.33 bits per heavy atom. The molecule has 0 aromatic carbocycles. The second-order valence-electron chi connectivity index (χ2n) is 6.51. The van der Waals surface area contributed by atoms with Crippen molar-refractivity contribution in [3.05, 3.63) is 48.0 Å². The molecule has 2 aromatic rings. The van der Waals surface area contributed by atoms with Crippen LogP contribution in [0.1, 0.15) is 16.3 Å². The minimum absolute atomic E-state index is 0.0439. The molecular weight excluding hydrogens is 306 g/mol. The number of pyridine rings is 1. The summed E-state index contributed by atoms with van der Waals surface area (Å²) in [4.78, 5) is 18.7. The van der Waals surface area contributed by atoms with Crippen molar-refractivity contribution in [2.24, 2.45) is 11.8 Å². The third-order valence-corrected chi connectivity index (χ3v) is 4.89. The molecule has 24 heavy (non-hydrogen) atoms. The van der Waals surface area contributed by atoms with Crippen LogP contribution < -0.4 is 5.32 Å². The van der Waals surface area contributed by atoms with Crippen LogP contribution in [0.3, 0.4) is 0 Å². The van der Waals surface area contributed by atoms with Gasteiger partial charge in [0.2, 0.25) is 0 Å². The molecule has 3 atom stereocenters. The molecule has 6 nitrogen and oxygen atoms in total. The Kier molecular flexibility index (Phi) is 3.98. The smallest absolute Gasteiger partial charge is 0.289 e. The summed E-state index contributed by atoms with van der Waals surface area (Å²) in [5.74, 6) is 2.74. The number of carbonyl (C=O) groups is 1. The van der Waals surface area contributed by atoms with E-state index in [1.54, 1.807) is 12.3 Å². The first-order chi connectivity index (χ1) is 11.7. The third kappa shape index (κ3) is 2.89. The van der Waals surface area contributed by atoms with Gasteiger partial charge in [-0.05, 0) is 31.2 Å². The molecule has 2 saturated heterocycles. The first-order valence-corrected chi connectivity index (χ1v) is 8.33. The molecule has 6 heteroatoms. The van der Waals surface area contributed by atoms with E-state index in [1.165, 1.54) is 0 Å². The van der Waals surface area contributed by atoms with Crippen LogP contribution in [0.5, 0.6) is 0 Å². The van der Waals surface area contributed by atoms with Crippen molar-refractivity contribution in [2.75, 3.05) is 31.6 Å². The predicted octanol–water partition coefficient (Wildman–Crippen LogP) is 2.18. The Balaban J connectivity index is 1.37. The molecule has 0 saturated carbocycles. The number of amides is 1. The Hall–Kier alpha value is -2.34. The van der Waals surface area contributed by atoms with Crippen molar-refractivity contribution in [1.29, 1.82) is 0 Å². The molecule has 0 bridgehead atoms. The topological polar surface area (TPSA) is 67.6 Å². The molecule has 1 N–H and O–H groups in total. The van der Waals surface area contributed by atoms with Crippen molar-refractivity contribution < 1.29 is 13.9 Å². The van der Waals surface area contributed by atoms with Crippen LogP contribution in [0.25, 0.3) is 0 Å². The van der Waals surface area contributed by atoms with Gasteiger partial charge >= 0.3 is 0 Å². The fourth-order valence-corrected chi connectivity index (χ4v) is 3.58. The van der Waals surface area contributed by atoms with Crippen molar-refractivity contribution in [3.8, 4) is 0 Å². The van der Waals surface area contributed by atoms with Crippen LogP contribution in [0.15, 0.2) is 40.9 Å². The average Bonchev–Trinajstić information content (AvgIpc) is 3.29. The lowest BCUT2D eigenvalue weighted by molar-refractivity contribution is 0.0653. The van der Waals surface area contributed by atoms with E-state index >= 15 is 0 Å². The highest BCUT2D eigenvalue weighted by Gasteiger charge is 2.45. The van der Waals surface area contributed by atoms with E-state index in [2.05, 4.69) is 10.3 Å². The van der Waals surface area contributed by atoms with Crippen LogP contribution in [-0.4, -0.2) is 48.1 Å². The van der Waals surface area contributed by atoms with E-state index in [1.807, 2.05) is 36.1 Å². The molecule has 0 unspecified atom stereocenters. The van der Waals surface area contributed by atoms with Crippen LogP contribution in [0, 0.1) is 18.8 Å². The molecule has 4 heterocycles. The number of hydrogen-bond donors (Lipinski definition) is 1. The first kappa shape index (κ1) is 15.2. The highest BCUT2D eigenvalue weighted by molar-refractivity contribution is 5.91. The van der Waals surface area contributed by atoms with Gasteiger partial charge in [0.15, 0.2) is 5.76 Å². The summed E-state index contributed by atoms with van der Waals surface area (Å²) < 4.78 is 11.4. The second-order valence-corrected chi connectivity index (χ2v) is 6.51. The van der Waals surface area contributed by atoms with Gasteiger partial charge in [0.05, 0.1) is 12.7 Å². The highest BCUT2D eigenvalue weighted by atomic mass is 16.5. The fraction of sp³-hybridized carbons (Fsp3) is 0.444. The summed E-state index contributed by atoms with van der Waals surface area (Å²) in [6.45, 7) is 4.75. The van der Waals surface area contributed by atoms with Gasteiger partial charge in [-0.15, -0.1) is 0 Å². The van der Waals surface area contributed by atoms with E-state index in [-0.39, 0.29) is 12.0 Å². The van der Waals surface area contributed by atoms with E-state index in [4.69, 9.17) is 9.15 Å². The number of nitrogens with one attached hydrogen (secondary N) is 1. The van der Waals surface area contributed by atoms with Gasteiger partial charge in [0.25, 0.3) is 5.91 Å². The Bertz CT molecular complexity index is 715. The minimum atomic E-state index is -0.0439. The van der Waals surface area contributed by atoms with E-state index in [9.17, 15) is 4.79 Å². The number of aromatic nitrogens is 1. The Labute approximate surface area is 140 Å². The number of hydrogen-bond acceptors (Lipinski definition) is 5. The molecule has 0 spiro atoms. The summed E-state index contributed by atoms with van der Waals surface area (Å²) in [6, 6.07) is 9.38. The van der Waals surface area contributed by atoms with Crippen LogP contribution >= 0.6 is 0 Å². The summed E-state index contributed by atoms with van der Waals surface area (Å²) in [6.07, 6.45) is 1.90. The highest BCUT2D eigenvalue weighted by Crippen LogP contribution is 2.34. The molecule has 2 aromatic heterocycles. The summed E-state index contributed by atoms with van der Waals surface area (Å²) in [7, 11) is 0. The molecule has 126 valence electrons. The van der Waals surface area contributed by atoms with Crippen LogP contribution in [0.4, 0.5) is 5.82 Å². The average molecular weight is 327 g/mol.